The first-order chi connectivity index (χ1) is 9.52. The molecule has 1 aliphatic rings. The molecule has 0 radical (unpaired) electrons. The molecular formula is C10H12FN5O4. The van der Waals surface area contributed by atoms with E-state index in [4.69, 9.17) is 15.6 Å². The largest absolute Gasteiger partial charge is 0.394 e. The predicted molar refractivity (Wildman–Crippen MR) is 64.5 cm³/mol. The Labute approximate surface area is 110 Å². The maximum Gasteiger partial charge on any atom is 0.348 e. The second-order valence-electron chi connectivity index (χ2n) is 4.46. The number of rotatable bonds is 2. The molecule has 4 atom stereocenters. The smallest absolute Gasteiger partial charge is 0.348 e. The Hall–Kier alpha value is -2.04. The summed E-state index contributed by atoms with van der Waals surface area (Å²) < 4.78 is 20.4. The standard InChI is InChI=1S/C10H12FN5O4/c11-4-6(18)3(1-17)20-9(4)16-2-13-5-7(12)14-10(19)15-8(5)16/h2-4,6,9,17-18H,1H2,(H3,12,14,15,19)/t3-,4-,6?,9-/m1/s1. The molecule has 2 aromatic heterocycles. The van der Waals surface area contributed by atoms with E-state index in [0.29, 0.717) is 0 Å². The number of hydrogen-bond acceptors (Lipinski definition) is 7. The van der Waals surface area contributed by atoms with E-state index in [1.54, 1.807) is 0 Å². The van der Waals surface area contributed by atoms with Gasteiger partial charge >= 0.3 is 5.69 Å². The van der Waals surface area contributed by atoms with Crippen molar-refractivity contribution in [2.75, 3.05) is 12.3 Å². The van der Waals surface area contributed by atoms with Crippen LogP contribution >= 0.6 is 0 Å². The van der Waals surface area contributed by atoms with Gasteiger partial charge in [-0.25, -0.2) is 14.2 Å². The second-order valence-corrected chi connectivity index (χ2v) is 4.46. The minimum Gasteiger partial charge on any atom is -0.394 e. The molecule has 0 spiro atoms. The summed E-state index contributed by atoms with van der Waals surface area (Å²) >= 11 is 0. The molecule has 9 nitrogen and oxygen atoms in total. The lowest BCUT2D eigenvalue weighted by Gasteiger charge is -2.14. The van der Waals surface area contributed by atoms with E-state index in [1.807, 2.05) is 0 Å². The molecule has 1 unspecified atom stereocenters. The molecule has 3 heterocycles. The van der Waals surface area contributed by atoms with Crippen molar-refractivity contribution in [3.05, 3.63) is 16.8 Å². The third-order valence-corrected chi connectivity index (χ3v) is 3.22. The second kappa shape index (κ2) is 4.51. The first-order valence-electron chi connectivity index (χ1n) is 5.83. The van der Waals surface area contributed by atoms with E-state index in [2.05, 4.69) is 15.0 Å². The third kappa shape index (κ3) is 1.77. The summed E-state index contributed by atoms with van der Waals surface area (Å²) in [6.45, 7) is -0.527. The van der Waals surface area contributed by atoms with E-state index < -0.39 is 36.9 Å². The number of anilines is 1. The number of alkyl halides is 1. The summed E-state index contributed by atoms with van der Waals surface area (Å²) in [4.78, 5) is 21.2. The van der Waals surface area contributed by atoms with Crippen LogP contribution in [-0.2, 0) is 4.74 Å². The number of imidazole rings is 1. The number of nitrogens with zero attached hydrogens (tertiary/aromatic N) is 3. The highest BCUT2D eigenvalue weighted by atomic mass is 19.1. The molecule has 10 heteroatoms. The van der Waals surface area contributed by atoms with Gasteiger partial charge in [-0.15, -0.1) is 0 Å². The number of hydrogen-bond donors (Lipinski definition) is 4. The SMILES string of the molecule is Nc1[nH]c(=O)nc2c1ncn2[C@@H]1O[C@H](CO)C(O)[C@H]1F. The van der Waals surface area contributed by atoms with E-state index in [-0.39, 0.29) is 17.0 Å². The van der Waals surface area contributed by atoms with Crippen LogP contribution in [0, 0.1) is 0 Å². The van der Waals surface area contributed by atoms with Gasteiger partial charge in [-0.2, -0.15) is 4.98 Å². The molecule has 0 amide bonds. The van der Waals surface area contributed by atoms with E-state index >= 15 is 0 Å². The number of ether oxygens (including phenoxy) is 1. The molecule has 1 saturated heterocycles. The highest BCUT2D eigenvalue weighted by Crippen LogP contribution is 2.33. The number of nitrogens with one attached hydrogen (secondary N) is 1. The van der Waals surface area contributed by atoms with Crippen LogP contribution in [0.5, 0.6) is 0 Å². The highest BCUT2D eigenvalue weighted by Gasteiger charge is 2.45. The fraction of sp³-hybridized carbons (Fsp3) is 0.500. The molecule has 5 N–H and O–H groups in total. The Bertz CT molecular complexity index is 701. The highest BCUT2D eigenvalue weighted by molar-refractivity contribution is 5.81. The number of fused-ring (bicyclic) bond motifs is 1. The first-order valence-corrected chi connectivity index (χ1v) is 5.83. The van der Waals surface area contributed by atoms with Crippen molar-refractivity contribution in [3.63, 3.8) is 0 Å². The Morgan fingerprint density at radius 2 is 2.35 bits per heavy atom. The van der Waals surface area contributed by atoms with Gasteiger partial charge in [-0.1, -0.05) is 0 Å². The Morgan fingerprint density at radius 3 is 3.00 bits per heavy atom. The lowest BCUT2D eigenvalue weighted by molar-refractivity contribution is -0.0459. The van der Waals surface area contributed by atoms with Crippen LogP contribution < -0.4 is 11.4 Å². The van der Waals surface area contributed by atoms with Crippen LogP contribution in [0.3, 0.4) is 0 Å². The molecule has 20 heavy (non-hydrogen) atoms. The predicted octanol–water partition coefficient (Wildman–Crippen LogP) is -1.71. The number of aliphatic hydroxyl groups excluding tert-OH is 2. The zero-order valence-corrected chi connectivity index (χ0v) is 10.1. The maximum absolute atomic E-state index is 14.0. The fourth-order valence-corrected chi connectivity index (χ4v) is 2.22. The molecule has 108 valence electrons. The van der Waals surface area contributed by atoms with E-state index in [9.17, 15) is 14.3 Å². The van der Waals surface area contributed by atoms with Gasteiger partial charge < -0.3 is 20.7 Å². The van der Waals surface area contributed by atoms with Crippen molar-refractivity contribution in [2.24, 2.45) is 0 Å². The third-order valence-electron chi connectivity index (χ3n) is 3.22. The number of H-pyrrole nitrogens is 1. The average Bonchev–Trinajstić information content (AvgIpc) is 2.93. The zero-order chi connectivity index (χ0) is 14.4. The Balaban J connectivity index is 2.09. The van der Waals surface area contributed by atoms with Gasteiger partial charge in [-0.3, -0.25) is 9.55 Å². The molecule has 1 aliphatic heterocycles. The molecule has 0 bridgehead atoms. The molecule has 0 saturated carbocycles. The Morgan fingerprint density at radius 1 is 1.60 bits per heavy atom. The summed E-state index contributed by atoms with van der Waals surface area (Å²) in [7, 11) is 0. The molecule has 2 aromatic rings. The first kappa shape index (κ1) is 13.0. The monoisotopic (exact) mass is 285 g/mol. The van der Waals surface area contributed by atoms with E-state index in [1.165, 1.54) is 10.9 Å². The lowest BCUT2D eigenvalue weighted by atomic mass is 10.1. The number of aromatic amines is 1. The van der Waals surface area contributed by atoms with Crippen LogP contribution in [0.4, 0.5) is 10.2 Å². The van der Waals surface area contributed by atoms with Crippen molar-refractivity contribution in [3.8, 4) is 0 Å². The summed E-state index contributed by atoms with van der Waals surface area (Å²) in [5.74, 6) is 0.00594. The number of nitrogen functional groups attached to an aromatic ring is 1. The van der Waals surface area contributed by atoms with Crippen LogP contribution in [0.2, 0.25) is 0 Å². The fourth-order valence-electron chi connectivity index (χ4n) is 2.22. The summed E-state index contributed by atoms with van der Waals surface area (Å²) in [6.07, 6.45) is -4.33. The molecule has 0 aliphatic carbocycles. The maximum atomic E-state index is 14.0. The zero-order valence-electron chi connectivity index (χ0n) is 10.1. The van der Waals surface area contributed by atoms with Crippen LogP contribution in [0.25, 0.3) is 11.2 Å². The van der Waals surface area contributed by atoms with E-state index in [0.717, 1.165) is 0 Å². The van der Waals surface area contributed by atoms with Crippen LogP contribution in [0.1, 0.15) is 6.23 Å². The van der Waals surface area contributed by atoms with Crippen molar-refractivity contribution < 1.29 is 19.3 Å². The quantitative estimate of drug-likeness (QED) is 0.515. The summed E-state index contributed by atoms with van der Waals surface area (Å²) in [6, 6.07) is 0. The van der Waals surface area contributed by atoms with Gasteiger partial charge in [0.05, 0.1) is 12.9 Å². The number of nitrogens with two attached hydrogens (primary N) is 1. The average molecular weight is 285 g/mol. The molecular weight excluding hydrogens is 273 g/mol. The van der Waals surface area contributed by atoms with Gasteiger partial charge in [0.1, 0.15) is 23.5 Å². The number of aromatic nitrogens is 4. The number of aliphatic hydroxyl groups is 2. The molecule has 0 aromatic carbocycles. The molecule has 3 rings (SSSR count). The Kier molecular flexibility index (Phi) is 2.92. The minimum atomic E-state index is -1.79. The normalized spacial score (nSPS) is 30.1. The summed E-state index contributed by atoms with van der Waals surface area (Å²) in [5.41, 5.74) is 5.13. The van der Waals surface area contributed by atoms with Crippen molar-refractivity contribution in [1.29, 1.82) is 0 Å². The minimum absolute atomic E-state index is 0.00594. The van der Waals surface area contributed by atoms with Gasteiger partial charge in [0.25, 0.3) is 0 Å². The van der Waals surface area contributed by atoms with Gasteiger partial charge in [0.15, 0.2) is 18.0 Å². The topological polar surface area (TPSA) is 139 Å². The van der Waals surface area contributed by atoms with Gasteiger partial charge in [-0.05, 0) is 0 Å². The molecule has 1 fully saturated rings. The van der Waals surface area contributed by atoms with Gasteiger partial charge in [0.2, 0.25) is 0 Å². The van der Waals surface area contributed by atoms with Gasteiger partial charge in [0, 0.05) is 0 Å². The van der Waals surface area contributed by atoms with Crippen molar-refractivity contribution >= 4 is 17.0 Å². The van der Waals surface area contributed by atoms with Crippen molar-refractivity contribution in [2.45, 2.75) is 24.6 Å². The van der Waals surface area contributed by atoms with Crippen LogP contribution in [0.15, 0.2) is 11.1 Å². The summed E-state index contributed by atoms with van der Waals surface area (Å²) in [5, 5.41) is 18.6. The van der Waals surface area contributed by atoms with Crippen LogP contribution in [-0.4, -0.2) is 54.7 Å². The van der Waals surface area contributed by atoms with Crippen molar-refractivity contribution in [1.82, 2.24) is 19.5 Å². The lowest BCUT2D eigenvalue weighted by Crippen LogP contribution is -2.30. The number of halogens is 1.